The third-order valence-electron chi connectivity index (χ3n) is 4.99. The molecule has 1 N–H and O–H groups in total. The van der Waals surface area contributed by atoms with Crippen LogP contribution >= 0.6 is 0 Å². The van der Waals surface area contributed by atoms with Gasteiger partial charge in [-0.05, 0) is 32.6 Å². The zero-order valence-electron chi connectivity index (χ0n) is 14.7. The van der Waals surface area contributed by atoms with Gasteiger partial charge in [-0.2, -0.15) is 0 Å². The van der Waals surface area contributed by atoms with E-state index in [2.05, 4.69) is 56.7 Å². The lowest BCUT2D eigenvalue weighted by atomic mass is 9.83. The smallest absolute Gasteiger partial charge is 0.118 e. The maximum atomic E-state index is 14.8. The van der Waals surface area contributed by atoms with Crippen molar-refractivity contribution in [3.63, 3.8) is 0 Å². The van der Waals surface area contributed by atoms with Gasteiger partial charge in [-0.15, -0.1) is 0 Å². The fourth-order valence-electron chi connectivity index (χ4n) is 3.99. The number of likely N-dealkylation sites (tertiary alicyclic amines) is 1. The quantitative estimate of drug-likeness (QED) is 0.845. The third kappa shape index (κ3) is 3.96. The van der Waals surface area contributed by atoms with Gasteiger partial charge >= 0.3 is 0 Å². The predicted molar refractivity (Wildman–Crippen MR) is 87.4 cm³/mol. The molecule has 3 nitrogen and oxygen atoms in total. The van der Waals surface area contributed by atoms with E-state index >= 15 is 0 Å². The van der Waals surface area contributed by atoms with Gasteiger partial charge in [-0.1, -0.05) is 20.8 Å². The minimum absolute atomic E-state index is 0.0114. The molecule has 1 unspecified atom stereocenters. The van der Waals surface area contributed by atoms with Crippen molar-refractivity contribution in [2.75, 3.05) is 32.7 Å². The molecule has 0 radical (unpaired) electrons. The molecule has 2 aliphatic heterocycles. The third-order valence-corrected chi connectivity index (χ3v) is 4.99. The van der Waals surface area contributed by atoms with E-state index in [1.807, 2.05) is 0 Å². The van der Waals surface area contributed by atoms with E-state index in [1.165, 1.54) is 0 Å². The van der Waals surface area contributed by atoms with Gasteiger partial charge in [0.2, 0.25) is 0 Å². The maximum Gasteiger partial charge on any atom is 0.118 e. The lowest BCUT2D eigenvalue weighted by Crippen LogP contribution is -2.58. The Hall–Kier alpha value is -0.190. The lowest BCUT2D eigenvalue weighted by Gasteiger charge is -2.47. The van der Waals surface area contributed by atoms with Crippen molar-refractivity contribution in [2.45, 2.75) is 71.8 Å². The average Bonchev–Trinajstić information content (AvgIpc) is 2.68. The highest BCUT2D eigenvalue weighted by atomic mass is 19.1. The van der Waals surface area contributed by atoms with Crippen LogP contribution in [0.3, 0.4) is 0 Å². The number of hydrogen-bond acceptors (Lipinski definition) is 3. The van der Waals surface area contributed by atoms with E-state index in [0.717, 1.165) is 32.7 Å². The Morgan fingerprint density at radius 2 is 1.62 bits per heavy atom. The molecule has 0 aromatic carbocycles. The first kappa shape index (κ1) is 17.2. The van der Waals surface area contributed by atoms with Crippen molar-refractivity contribution < 1.29 is 4.39 Å². The molecule has 124 valence electrons. The summed E-state index contributed by atoms with van der Waals surface area (Å²) in [5.41, 5.74) is 0.132. The molecular weight excluding hydrogens is 265 g/mol. The number of nitrogens with zero attached hydrogens (tertiary/aromatic N) is 2. The van der Waals surface area contributed by atoms with Crippen LogP contribution in [0.25, 0.3) is 0 Å². The van der Waals surface area contributed by atoms with Crippen LogP contribution in [0, 0.1) is 5.41 Å². The van der Waals surface area contributed by atoms with Crippen LogP contribution in [-0.2, 0) is 0 Å². The Labute approximate surface area is 130 Å². The SMILES string of the molecule is CC(C)(C)[C@@H]1C[C@@H](F)C(CN2CCNCC2)N1C(C)(C)C. The summed E-state index contributed by atoms with van der Waals surface area (Å²) in [6.07, 6.45) is -0.0271. The van der Waals surface area contributed by atoms with Crippen LogP contribution in [0.15, 0.2) is 0 Å². The highest BCUT2D eigenvalue weighted by Gasteiger charge is 2.50. The second-order valence-corrected chi connectivity index (χ2v) is 8.83. The fraction of sp³-hybridized carbons (Fsp3) is 1.00. The molecule has 0 amide bonds. The lowest BCUT2D eigenvalue weighted by molar-refractivity contribution is 0.00507. The van der Waals surface area contributed by atoms with Crippen molar-refractivity contribution in [3.8, 4) is 0 Å². The molecule has 0 aliphatic carbocycles. The van der Waals surface area contributed by atoms with Gasteiger partial charge in [0, 0.05) is 44.3 Å². The highest BCUT2D eigenvalue weighted by Crippen LogP contribution is 2.42. The fourth-order valence-corrected chi connectivity index (χ4v) is 3.99. The summed E-state index contributed by atoms with van der Waals surface area (Å²) in [6.45, 7) is 18.4. The molecule has 0 bridgehead atoms. The van der Waals surface area contributed by atoms with E-state index in [9.17, 15) is 4.39 Å². The number of hydrogen-bond donors (Lipinski definition) is 1. The molecule has 2 fully saturated rings. The Bertz CT molecular complexity index is 339. The van der Waals surface area contributed by atoms with Gasteiger partial charge in [0.25, 0.3) is 0 Å². The molecule has 4 heteroatoms. The topological polar surface area (TPSA) is 18.5 Å². The molecule has 2 saturated heterocycles. The molecule has 2 aliphatic rings. The predicted octanol–water partition coefficient (Wildman–Crippen LogP) is 2.52. The standard InChI is InChI=1S/C17H34FN3/c1-16(2,3)15-11-13(18)14(21(15)17(4,5)6)12-20-9-7-19-8-10-20/h13-15,19H,7-12H2,1-6H3/t13-,14?,15+/m1/s1. The summed E-state index contributed by atoms with van der Waals surface area (Å²) >= 11 is 0. The molecule has 0 aromatic rings. The van der Waals surface area contributed by atoms with Gasteiger partial charge < -0.3 is 5.32 Å². The second kappa shape index (κ2) is 6.13. The Kier molecular flexibility index (Phi) is 5.01. The minimum atomic E-state index is -0.705. The Morgan fingerprint density at radius 1 is 1.05 bits per heavy atom. The first-order valence-electron chi connectivity index (χ1n) is 8.46. The largest absolute Gasteiger partial charge is 0.314 e. The van der Waals surface area contributed by atoms with Crippen molar-refractivity contribution in [2.24, 2.45) is 5.41 Å². The molecule has 21 heavy (non-hydrogen) atoms. The van der Waals surface area contributed by atoms with Crippen molar-refractivity contribution >= 4 is 0 Å². The summed E-state index contributed by atoms with van der Waals surface area (Å²) in [4.78, 5) is 4.90. The first-order valence-corrected chi connectivity index (χ1v) is 8.46. The maximum absolute atomic E-state index is 14.8. The van der Waals surface area contributed by atoms with Gasteiger partial charge in [-0.25, -0.2) is 4.39 Å². The van der Waals surface area contributed by atoms with Crippen molar-refractivity contribution in [3.05, 3.63) is 0 Å². The number of rotatable bonds is 2. The first-order chi connectivity index (χ1) is 9.60. The van der Waals surface area contributed by atoms with E-state index < -0.39 is 6.17 Å². The van der Waals surface area contributed by atoms with Gasteiger partial charge in [0.15, 0.2) is 0 Å². The molecular formula is C17H34FN3. The number of alkyl halides is 1. The van der Waals surface area contributed by atoms with Gasteiger partial charge in [0.05, 0.1) is 6.04 Å². The van der Waals surface area contributed by atoms with Crippen LogP contribution in [-0.4, -0.2) is 66.3 Å². The Balaban J connectivity index is 2.16. The van der Waals surface area contributed by atoms with Crippen molar-refractivity contribution in [1.82, 2.24) is 15.1 Å². The zero-order valence-corrected chi connectivity index (χ0v) is 14.7. The van der Waals surface area contributed by atoms with E-state index in [0.29, 0.717) is 12.5 Å². The number of halogens is 1. The molecule has 2 rings (SSSR count). The summed E-state index contributed by atoms with van der Waals surface area (Å²) in [5, 5.41) is 3.38. The van der Waals surface area contributed by atoms with Crippen LogP contribution in [0.1, 0.15) is 48.0 Å². The number of nitrogens with one attached hydrogen (secondary N) is 1. The summed E-state index contributed by atoms with van der Waals surface area (Å²) < 4.78 is 14.8. The summed E-state index contributed by atoms with van der Waals surface area (Å²) in [5.74, 6) is 0. The monoisotopic (exact) mass is 299 g/mol. The molecule has 0 saturated carbocycles. The number of piperazine rings is 1. The highest BCUT2D eigenvalue weighted by molar-refractivity contribution is 5.04. The Morgan fingerprint density at radius 3 is 2.10 bits per heavy atom. The van der Waals surface area contributed by atoms with E-state index in [1.54, 1.807) is 0 Å². The zero-order chi connectivity index (χ0) is 15.8. The average molecular weight is 299 g/mol. The van der Waals surface area contributed by atoms with Gasteiger partial charge in [-0.3, -0.25) is 9.80 Å². The minimum Gasteiger partial charge on any atom is -0.314 e. The molecule has 0 spiro atoms. The summed E-state index contributed by atoms with van der Waals surface area (Å²) in [6, 6.07) is 0.354. The van der Waals surface area contributed by atoms with Gasteiger partial charge in [0.1, 0.15) is 6.17 Å². The van der Waals surface area contributed by atoms with Crippen molar-refractivity contribution in [1.29, 1.82) is 0 Å². The normalized spacial score (nSPS) is 33.6. The van der Waals surface area contributed by atoms with E-state index in [4.69, 9.17) is 0 Å². The van der Waals surface area contributed by atoms with Crippen LogP contribution in [0.2, 0.25) is 0 Å². The molecule has 3 atom stereocenters. The van der Waals surface area contributed by atoms with Crippen LogP contribution in [0.5, 0.6) is 0 Å². The molecule has 2 heterocycles. The summed E-state index contributed by atoms with van der Waals surface area (Å²) in [7, 11) is 0. The second-order valence-electron chi connectivity index (χ2n) is 8.83. The van der Waals surface area contributed by atoms with Crippen LogP contribution in [0.4, 0.5) is 4.39 Å². The van der Waals surface area contributed by atoms with Crippen LogP contribution < -0.4 is 5.32 Å². The molecule has 0 aromatic heterocycles. The van der Waals surface area contributed by atoms with E-state index in [-0.39, 0.29) is 17.0 Å².